The summed E-state index contributed by atoms with van der Waals surface area (Å²) in [5.74, 6) is -3.41. The Balaban J connectivity index is 3.35. The van der Waals surface area contributed by atoms with Gasteiger partial charge in [0.2, 0.25) is 5.92 Å². The van der Waals surface area contributed by atoms with E-state index in [1.807, 2.05) is 0 Å². The van der Waals surface area contributed by atoms with Crippen molar-refractivity contribution < 1.29 is 24.0 Å². The second-order valence-corrected chi connectivity index (χ2v) is 4.11. The Morgan fingerprint density at radius 2 is 1.81 bits per heavy atom. The second kappa shape index (κ2) is 7.32. The van der Waals surface area contributed by atoms with Crippen LogP contribution in [0.15, 0.2) is 12.3 Å². The molecule has 0 bridgehead atoms. The molecule has 0 aliphatic carbocycles. The van der Waals surface area contributed by atoms with Gasteiger partial charge in [-0.1, -0.05) is 0 Å². The molecule has 8 heteroatoms. The fourth-order valence-electron chi connectivity index (χ4n) is 1.70. The van der Waals surface area contributed by atoms with E-state index in [2.05, 4.69) is 4.98 Å². The van der Waals surface area contributed by atoms with Crippen LogP contribution in [0.4, 0.5) is 5.69 Å². The highest BCUT2D eigenvalue weighted by atomic mass is 16.6. The maximum absolute atomic E-state index is 11.9. The highest BCUT2D eigenvalue weighted by Gasteiger charge is 2.38. The Morgan fingerprint density at radius 1 is 1.29 bits per heavy atom. The molecule has 0 atom stereocenters. The van der Waals surface area contributed by atoms with Crippen molar-refractivity contribution in [3.05, 3.63) is 33.6 Å². The van der Waals surface area contributed by atoms with Crippen LogP contribution in [0.3, 0.4) is 0 Å². The van der Waals surface area contributed by atoms with E-state index in [4.69, 9.17) is 9.47 Å². The number of ether oxygens (including phenoxy) is 2. The fourth-order valence-corrected chi connectivity index (χ4v) is 1.70. The Morgan fingerprint density at radius 3 is 2.24 bits per heavy atom. The number of aryl methyl sites for hydroxylation is 1. The molecule has 8 nitrogen and oxygen atoms in total. The van der Waals surface area contributed by atoms with Gasteiger partial charge in [-0.15, -0.1) is 0 Å². The van der Waals surface area contributed by atoms with Crippen LogP contribution in [0.1, 0.15) is 31.0 Å². The summed E-state index contributed by atoms with van der Waals surface area (Å²) in [5.41, 5.74) is -0.152. The lowest BCUT2D eigenvalue weighted by atomic mass is 10.0. The van der Waals surface area contributed by atoms with E-state index >= 15 is 0 Å². The average molecular weight is 296 g/mol. The minimum Gasteiger partial charge on any atom is -0.465 e. The molecule has 0 fully saturated rings. The van der Waals surface area contributed by atoms with Crippen molar-refractivity contribution in [2.45, 2.75) is 26.7 Å². The van der Waals surface area contributed by atoms with Crippen LogP contribution in [-0.4, -0.2) is 35.1 Å². The monoisotopic (exact) mass is 296 g/mol. The molecule has 0 aliphatic rings. The number of carbonyl (C=O) groups excluding carboxylic acids is 2. The van der Waals surface area contributed by atoms with E-state index in [0.29, 0.717) is 5.56 Å². The average Bonchev–Trinajstić information content (AvgIpc) is 2.41. The number of hydrogen-bond acceptors (Lipinski definition) is 7. The lowest BCUT2D eigenvalue weighted by Crippen LogP contribution is -2.27. The summed E-state index contributed by atoms with van der Waals surface area (Å²) in [7, 11) is 0. The molecule has 0 aromatic carbocycles. The van der Waals surface area contributed by atoms with Crippen LogP contribution in [0.2, 0.25) is 0 Å². The third kappa shape index (κ3) is 3.98. The van der Waals surface area contributed by atoms with E-state index in [9.17, 15) is 19.7 Å². The number of nitro groups is 1. The van der Waals surface area contributed by atoms with Crippen molar-refractivity contribution in [1.29, 1.82) is 0 Å². The highest BCUT2D eigenvalue weighted by molar-refractivity contribution is 6.01. The van der Waals surface area contributed by atoms with E-state index in [1.165, 1.54) is 12.3 Å². The quantitative estimate of drug-likeness (QED) is 0.338. The molecule has 1 heterocycles. The Hall–Kier alpha value is -2.51. The predicted molar refractivity (Wildman–Crippen MR) is 71.6 cm³/mol. The third-order valence-corrected chi connectivity index (χ3v) is 2.55. The zero-order valence-electron chi connectivity index (χ0n) is 12.0. The van der Waals surface area contributed by atoms with Gasteiger partial charge in [-0.2, -0.15) is 0 Å². The molecule has 0 spiro atoms. The molecule has 1 aromatic rings. The van der Waals surface area contributed by atoms with Gasteiger partial charge in [0.15, 0.2) is 0 Å². The number of aromatic nitrogens is 1. The van der Waals surface area contributed by atoms with Crippen LogP contribution in [0.5, 0.6) is 0 Å². The van der Waals surface area contributed by atoms with Crippen molar-refractivity contribution in [2.75, 3.05) is 13.2 Å². The second-order valence-electron chi connectivity index (χ2n) is 4.11. The predicted octanol–water partition coefficient (Wildman–Crippen LogP) is 1.51. The van der Waals surface area contributed by atoms with Gasteiger partial charge >= 0.3 is 11.9 Å². The van der Waals surface area contributed by atoms with Crippen molar-refractivity contribution >= 4 is 17.6 Å². The molecule has 0 N–H and O–H groups in total. The molecular formula is C13H16N2O6. The maximum atomic E-state index is 11.9. The van der Waals surface area contributed by atoms with Crippen LogP contribution in [0.25, 0.3) is 0 Å². The number of esters is 2. The standard InChI is InChI=1S/C13H16N2O6/c1-4-20-12(16)10(13(17)21-5-2)11-9(15(18)19)6-8(3)7-14-11/h6-7,10H,4-5H2,1-3H3. The van der Waals surface area contributed by atoms with Gasteiger partial charge in [0.05, 0.1) is 18.1 Å². The lowest BCUT2D eigenvalue weighted by molar-refractivity contribution is -0.386. The first-order valence-electron chi connectivity index (χ1n) is 6.36. The van der Waals surface area contributed by atoms with Crippen LogP contribution in [0, 0.1) is 17.0 Å². The summed E-state index contributed by atoms with van der Waals surface area (Å²) in [6.07, 6.45) is 1.34. The minimum atomic E-state index is -1.56. The minimum absolute atomic E-state index is 0.0361. The number of rotatable bonds is 6. The molecule has 1 rings (SSSR count). The van der Waals surface area contributed by atoms with Crippen LogP contribution in [-0.2, 0) is 19.1 Å². The van der Waals surface area contributed by atoms with Gasteiger partial charge in [0.25, 0.3) is 5.69 Å². The van der Waals surface area contributed by atoms with E-state index < -0.39 is 28.5 Å². The van der Waals surface area contributed by atoms with Crippen LogP contribution < -0.4 is 0 Å². The zero-order chi connectivity index (χ0) is 16.0. The first-order valence-corrected chi connectivity index (χ1v) is 6.36. The van der Waals surface area contributed by atoms with Gasteiger partial charge in [-0.25, -0.2) is 0 Å². The van der Waals surface area contributed by atoms with Crippen LogP contribution >= 0.6 is 0 Å². The topological polar surface area (TPSA) is 109 Å². The Bertz CT molecular complexity index is 540. The molecule has 0 saturated carbocycles. The summed E-state index contributed by atoms with van der Waals surface area (Å²) >= 11 is 0. The molecule has 0 unspecified atom stereocenters. The first kappa shape index (κ1) is 16.5. The summed E-state index contributed by atoms with van der Waals surface area (Å²) in [6, 6.07) is 1.24. The molecule has 1 aromatic heterocycles. The maximum Gasteiger partial charge on any atom is 0.326 e. The van der Waals surface area contributed by atoms with Crippen molar-refractivity contribution in [2.24, 2.45) is 0 Å². The number of hydrogen-bond donors (Lipinski definition) is 0. The SMILES string of the molecule is CCOC(=O)C(C(=O)OCC)c1ncc(C)cc1[N+](=O)[O-]. The fraction of sp³-hybridized carbons (Fsp3) is 0.462. The molecule has 21 heavy (non-hydrogen) atoms. The number of carbonyl (C=O) groups is 2. The summed E-state index contributed by atoms with van der Waals surface area (Å²) in [4.78, 5) is 38.1. The Labute approximate surface area is 121 Å². The van der Waals surface area contributed by atoms with Gasteiger partial charge in [-0.3, -0.25) is 24.7 Å². The van der Waals surface area contributed by atoms with Gasteiger partial charge in [0.1, 0.15) is 5.69 Å². The smallest absolute Gasteiger partial charge is 0.326 e. The Kier molecular flexibility index (Phi) is 5.77. The molecule has 114 valence electrons. The summed E-state index contributed by atoms with van der Waals surface area (Å²) in [5, 5.41) is 11.1. The number of pyridine rings is 1. The zero-order valence-corrected chi connectivity index (χ0v) is 12.0. The first-order chi connectivity index (χ1) is 9.92. The summed E-state index contributed by atoms with van der Waals surface area (Å²) in [6.45, 7) is 4.82. The van der Waals surface area contributed by atoms with Crippen molar-refractivity contribution in [1.82, 2.24) is 4.98 Å². The molecule has 0 saturated heterocycles. The third-order valence-electron chi connectivity index (χ3n) is 2.55. The summed E-state index contributed by atoms with van der Waals surface area (Å²) < 4.78 is 9.58. The largest absolute Gasteiger partial charge is 0.465 e. The van der Waals surface area contributed by atoms with Gasteiger partial charge in [0, 0.05) is 12.3 Å². The molecule has 0 aliphatic heterocycles. The van der Waals surface area contributed by atoms with E-state index in [-0.39, 0.29) is 18.9 Å². The molecule has 0 amide bonds. The molecular weight excluding hydrogens is 280 g/mol. The normalized spacial score (nSPS) is 10.3. The van der Waals surface area contributed by atoms with E-state index in [0.717, 1.165) is 0 Å². The lowest BCUT2D eigenvalue weighted by Gasteiger charge is -2.14. The van der Waals surface area contributed by atoms with E-state index in [1.54, 1.807) is 20.8 Å². The van der Waals surface area contributed by atoms with Crippen molar-refractivity contribution in [3.8, 4) is 0 Å². The van der Waals surface area contributed by atoms with Crippen molar-refractivity contribution in [3.63, 3.8) is 0 Å². The number of nitrogens with zero attached hydrogens (tertiary/aromatic N) is 2. The molecule has 0 radical (unpaired) electrons. The van der Waals surface area contributed by atoms with Gasteiger partial charge < -0.3 is 9.47 Å². The highest BCUT2D eigenvalue weighted by Crippen LogP contribution is 2.27. The van der Waals surface area contributed by atoms with Gasteiger partial charge in [-0.05, 0) is 26.3 Å².